The first kappa shape index (κ1) is 31.6. The third kappa shape index (κ3) is 6.88. The largest absolute Gasteiger partial charge is 0.486 e. The Hall–Kier alpha value is -4.40. The maximum atomic E-state index is 13.8. The van der Waals surface area contributed by atoms with Crippen molar-refractivity contribution < 1.29 is 41.7 Å². The molecule has 0 spiro atoms. The van der Waals surface area contributed by atoms with Gasteiger partial charge in [0.25, 0.3) is 11.8 Å². The van der Waals surface area contributed by atoms with Crippen molar-refractivity contribution in [2.24, 2.45) is 0 Å². The van der Waals surface area contributed by atoms with E-state index in [2.05, 4.69) is 15.7 Å². The molecule has 14 heteroatoms. The number of carbonyl (C=O) groups is 2. The summed E-state index contributed by atoms with van der Waals surface area (Å²) in [6.07, 6.45) is 1.28. The van der Waals surface area contributed by atoms with Crippen LogP contribution in [0.3, 0.4) is 0 Å². The highest BCUT2D eigenvalue weighted by Crippen LogP contribution is 2.45. The summed E-state index contributed by atoms with van der Waals surface area (Å²) in [6.45, 7) is 2.89. The molecule has 244 valence electrons. The predicted molar refractivity (Wildman–Crippen MR) is 169 cm³/mol. The number of fused-ring (bicyclic) bond motifs is 2. The lowest BCUT2D eigenvalue weighted by Gasteiger charge is -2.28. The number of rotatable bonds is 9. The summed E-state index contributed by atoms with van der Waals surface area (Å²) >= 11 is 0. The van der Waals surface area contributed by atoms with E-state index >= 15 is 0 Å². The summed E-state index contributed by atoms with van der Waals surface area (Å²) in [6, 6.07) is 16.2. The number of alkyl halides is 2. The normalized spacial score (nSPS) is 19.2. The fourth-order valence-electron chi connectivity index (χ4n) is 5.52. The van der Waals surface area contributed by atoms with Gasteiger partial charge in [-0.15, -0.1) is 0 Å². The van der Waals surface area contributed by atoms with E-state index in [1.165, 1.54) is 0 Å². The van der Waals surface area contributed by atoms with Crippen LogP contribution in [0.4, 0.5) is 8.78 Å². The van der Waals surface area contributed by atoms with Crippen LogP contribution in [0, 0.1) is 0 Å². The molecule has 0 aliphatic carbocycles. The van der Waals surface area contributed by atoms with Crippen molar-refractivity contribution >= 4 is 33.3 Å². The van der Waals surface area contributed by atoms with Crippen LogP contribution in [-0.2, 0) is 4.79 Å². The summed E-state index contributed by atoms with van der Waals surface area (Å²) in [5, 5.41) is 10.5. The van der Waals surface area contributed by atoms with Gasteiger partial charge in [0.1, 0.15) is 25.1 Å². The van der Waals surface area contributed by atoms with Crippen molar-refractivity contribution in [1.29, 1.82) is 0 Å². The molecule has 0 unspecified atom stereocenters. The van der Waals surface area contributed by atoms with Crippen molar-refractivity contribution in [2.45, 2.75) is 44.4 Å². The summed E-state index contributed by atoms with van der Waals surface area (Å²) in [5.74, 6) is -3.42. The minimum atomic E-state index is -3.57. The second-order valence-electron chi connectivity index (χ2n) is 11.6. The molecule has 2 aliphatic rings. The van der Waals surface area contributed by atoms with E-state index in [1.807, 2.05) is 6.07 Å². The van der Waals surface area contributed by atoms with Gasteiger partial charge in [-0.05, 0) is 67.4 Å². The van der Waals surface area contributed by atoms with Crippen LogP contribution < -0.4 is 24.8 Å². The quantitative estimate of drug-likeness (QED) is 0.189. The molecule has 0 saturated carbocycles. The Labute approximate surface area is 265 Å². The number of nitrogens with one attached hydrogen (secondary N) is 2. The monoisotopic (exact) mass is 656 g/mol. The van der Waals surface area contributed by atoms with Gasteiger partial charge in [-0.25, -0.2) is 4.68 Å². The summed E-state index contributed by atoms with van der Waals surface area (Å²) in [5.41, 5.74) is 2.35. The number of amides is 2. The van der Waals surface area contributed by atoms with Gasteiger partial charge in [0.2, 0.25) is 0 Å². The number of carbonyl (C=O) groups excluding carboxylic acids is 2. The van der Waals surface area contributed by atoms with Gasteiger partial charge in [-0.1, -0.05) is 12.1 Å². The number of nitrogens with zero attached hydrogens (tertiary/aromatic N) is 2. The van der Waals surface area contributed by atoms with Crippen LogP contribution >= 0.6 is 10.6 Å². The average Bonchev–Trinajstić information content (AvgIpc) is 3.60. The van der Waals surface area contributed by atoms with Crippen LogP contribution in [0.5, 0.6) is 17.2 Å². The van der Waals surface area contributed by atoms with Crippen molar-refractivity contribution in [3.63, 3.8) is 0 Å². The fraction of sp³-hybridized carbons (Fsp3) is 0.344. The van der Waals surface area contributed by atoms with E-state index in [-0.39, 0.29) is 23.5 Å². The van der Waals surface area contributed by atoms with E-state index in [0.29, 0.717) is 66.0 Å². The number of hydrogen-bond donors (Lipinski definition) is 4. The van der Waals surface area contributed by atoms with Crippen molar-refractivity contribution in [3.8, 4) is 22.9 Å². The van der Waals surface area contributed by atoms with E-state index < -0.39 is 34.6 Å². The first-order valence-electron chi connectivity index (χ1n) is 14.7. The molecule has 11 nitrogen and oxygen atoms in total. The molecule has 0 bridgehead atoms. The van der Waals surface area contributed by atoms with Crippen LogP contribution in [0.25, 0.3) is 16.6 Å². The minimum Gasteiger partial charge on any atom is -0.486 e. The maximum Gasteiger partial charge on any atom is 0.321 e. The molecule has 46 heavy (non-hydrogen) atoms. The van der Waals surface area contributed by atoms with E-state index in [1.54, 1.807) is 72.4 Å². The molecule has 1 fully saturated rings. The van der Waals surface area contributed by atoms with Crippen LogP contribution in [0.2, 0.25) is 0 Å². The molecule has 3 atom stereocenters. The molecule has 2 amide bonds. The van der Waals surface area contributed by atoms with Gasteiger partial charge in [-0.2, -0.15) is 24.5 Å². The summed E-state index contributed by atoms with van der Waals surface area (Å²) < 4.78 is 66.6. The lowest BCUT2D eigenvalue weighted by atomic mass is 10.0. The number of ether oxygens (including phenoxy) is 3. The highest BCUT2D eigenvalue weighted by atomic mass is 32.3. The third-order valence-electron chi connectivity index (χ3n) is 7.86. The fourth-order valence-corrected chi connectivity index (χ4v) is 7.25. The minimum absolute atomic E-state index is 0.151. The molecule has 0 radical (unpaired) electrons. The van der Waals surface area contributed by atoms with E-state index in [4.69, 9.17) is 14.2 Å². The lowest BCUT2D eigenvalue weighted by molar-refractivity contribution is -0.144. The molecule has 3 heterocycles. The Bertz CT molecular complexity index is 1780. The van der Waals surface area contributed by atoms with Crippen molar-refractivity contribution in [3.05, 3.63) is 78.0 Å². The molecule has 2 aliphatic heterocycles. The molecule has 6 rings (SSSR count). The summed E-state index contributed by atoms with van der Waals surface area (Å²) in [7, 11) is -2.64. The first-order valence-corrected chi connectivity index (χ1v) is 16.6. The standard InChI is InChI=1S/C32H34F2N4O7S/c1-19(36-31(40)32(2,33)34)29(20-6-9-27-28(16-20)44-12-11-43-27)45-25-7-8-26-22(15-25)17-35-38(26)24-5-3-4-21(14-24)30(39)37-23-10-13-46(41,42)18-23/h3-9,14-17,19,23,29,41-42H,10-13,18H2,1-2H3,(H,36,40)(H,37,39)/t19-,23-,29-/m0/s1. The highest BCUT2D eigenvalue weighted by molar-refractivity contribution is 8.24. The third-order valence-corrected chi connectivity index (χ3v) is 9.68. The highest BCUT2D eigenvalue weighted by Gasteiger charge is 2.35. The van der Waals surface area contributed by atoms with Gasteiger partial charge in [0.05, 0.1) is 29.2 Å². The first-order chi connectivity index (χ1) is 21.9. The Kier molecular flexibility index (Phi) is 8.53. The van der Waals surface area contributed by atoms with Crippen LogP contribution in [-0.4, -0.2) is 73.4 Å². The van der Waals surface area contributed by atoms with Crippen LogP contribution in [0.1, 0.15) is 42.3 Å². The Balaban J connectivity index is 1.24. The van der Waals surface area contributed by atoms with Gasteiger partial charge in [-0.3, -0.25) is 18.7 Å². The van der Waals surface area contributed by atoms with Crippen molar-refractivity contribution in [1.82, 2.24) is 20.4 Å². The predicted octanol–water partition coefficient (Wildman–Crippen LogP) is 5.33. The van der Waals surface area contributed by atoms with Gasteiger partial charge in [0, 0.05) is 29.7 Å². The molecule has 1 aromatic heterocycles. The zero-order valence-electron chi connectivity index (χ0n) is 25.1. The number of benzene rings is 3. The summed E-state index contributed by atoms with van der Waals surface area (Å²) in [4.78, 5) is 25.1. The van der Waals surface area contributed by atoms with E-state index in [9.17, 15) is 27.5 Å². The lowest BCUT2D eigenvalue weighted by Crippen LogP contribution is -2.46. The molecule has 3 aromatic carbocycles. The molecule has 4 N–H and O–H groups in total. The van der Waals surface area contributed by atoms with Crippen LogP contribution in [0.15, 0.2) is 66.9 Å². The Morgan fingerprint density at radius 2 is 1.87 bits per heavy atom. The topological polar surface area (TPSA) is 144 Å². The Morgan fingerprint density at radius 1 is 1.09 bits per heavy atom. The molecule has 1 saturated heterocycles. The second kappa shape index (κ2) is 12.4. The maximum absolute atomic E-state index is 13.8. The molecular weight excluding hydrogens is 622 g/mol. The van der Waals surface area contributed by atoms with Crippen molar-refractivity contribution in [2.75, 3.05) is 24.7 Å². The Morgan fingerprint density at radius 3 is 2.61 bits per heavy atom. The smallest absolute Gasteiger partial charge is 0.321 e. The van der Waals surface area contributed by atoms with Gasteiger partial charge < -0.3 is 24.8 Å². The SMILES string of the molecule is C[C@H](NC(=O)C(C)(F)F)[C@H](Oc1ccc2c(cnn2-c2cccc(C(=O)N[C@H]3CCS(O)(O)C3)c2)c1)c1ccc2c(c1)OCCO2. The van der Waals surface area contributed by atoms with Gasteiger partial charge >= 0.3 is 5.92 Å². The van der Waals surface area contributed by atoms with Gasteiger partial charge in [0.15, 0.2) is 11.5 Å². The van der Waals surface area contributed by atoms with E-state index in [0.717, 1.165) is 5.52 Å². The average molecular weight is 657 g/mol. The number of aromatic nitrogens is 2. The zero-order chi connectivity index (χ0) is 32.6. The zero-order valence-corrected chi connectivity index (χ0v) is 25.9. The molecule has 4 aromatic rings. The number of hydrogen-bond acceptors (Lipinski definition) is 8. The number of halogens is 2. The second-order valence-corrected chi connectivity index (χ2v) is 13.9. The molecular formula is C32H34F2N4O7S.